The fourth-order valence-corrected chi connectivity index (χ4v) is 2.21. The number of hydrogen-bond donors (Lipinski definition) is 0. The smallest absolute Gasteiger partial charge is 0.346 e. The number of aromatic nitrogens is 2. The summed E-state index contributed by atoms with van der Waals surface area (Å²) in [6.45, 7) is 0.846. The van der Waals surface area contributed by atoms with Crippen molar-refractivity contribution in [2.45, 2.75) is 19.0 Å². The lowest BCUT2D eigenvalue weighted by atomic mass is 10.4. The molecule has 104 valence electrons. The minimum absolute atomic E-state index is 0.106. The molecule has 19 heavy (non-hydrogen) atoms. The predicted octanol–water partition coefficient (Wildman–Crippen LogP) is 3.46. The van der Waals surface area contributed by atoms with Crippen LogP contribution in [0.3, 0.4) is 0 Å². The summed E-state index contributed by atoms with van der Waals surface area (Å²) >= 11 is 5.86. The van der Waals surface area contributed by atoms with Crippen molar-refractivity contribution >= 4 is 23.1 Å². The molecule has 2 heterocycles. The van der Waals surface area contributed by atoms with Crippen molar-refractivity contribution in [3.63, 3.8) is 0 Å². The summed E-state index contributed by atoms with van der Waals surface area (Å²) in [4.78, 5) is 5.43. The fourth-order valence-electron chi connectivity index (χ4n) is 1.96. The Labute approximate surface area is 113 Å². The lowest BCUT2D eigenvalue weighted by Gasteiger charge is -2.22. The second kappa shape index (κ2) is 5.28. The quantitative estimate of drug-likeness (QED) is 0.804. The Morgan fingerprint density at radius 2 is 2.11 bits per heavy atom. The van der Waals surface area contributed by atoms with Crippen LogP contribution in [0, 0.1) is 0 Å². The van der Waals surface area contributed by atoms with Gasteiger partial charge in [-0.05, 0) is 19.1 Å². The number of fused-ring (bicyclic) bond motifs is 1. The minimum atomic E-state index is -4.27. The summed E-state index contributed by atoms with van der Waals surface area (Å²) in [5.41, 5.74) is 1.16. The van der Waals surface area contributed by atoms with E-state index in [-0.39, 0.29) is 12.4 Å². The van der Waals surface area contributed by atoms with E-state index in [4.69, 9.17) is 11.6 Å². The van der Waals surface area contributed by atoms with E-state index in [2.05, 4.69) is 4.98 Å². The SMILES string of the molecule is CCN(CC(F)(F)F)c1nc2ccccn2c1CCl. The third-order valence-electron chi connectivity index (χ3n) is 2.79. The Kier molecular flexibility index (Phi) is 3.89. The first-order chi connectivity index (χ1) is 8.96. The van der Waals surface area contributed by atoms with Crippen LogP contribution in [-0.2, 0) is 5.88 Å². The summed E-state index contributed by atoms with van der Waals surface area (Å²) < 4.78 is 39.4. The van der Waals surface area contributed by atoms with Crippen LogP contribution < -0.4 is 4.90 Å². The highest BCUT2D eigenvalue weighted by atomic mass is 35.5. The molecular formula is C12H13ClF3N3. The van der Waals surface area contributed by atoms with E-state index in [0.29, 0.717) is 17.2 Å². The van der Waals surface area contributed by atoms with E-state index >= 15 is 0 Å². The van der Waals surface area contributed by atoms with Gasteiger partial charge in [0.2, 0.25) is 0 Å². The number of pyridine rings is 1. The lowest BCUT2D eigenvalue weighted by molar-refractivity contribution is -0.119. The molecule has 0 aliphatic rings. The number of alkyl halides is 4. The van der Waals surface area contributed by atoms with Gasteiger partial charge >= 0.3 is 6.18 Å². The number of halogens is 4. The Morgan fingerprint density at radius 3 is 2.68 bits per heavy atom. The molecule has 0 amide bonds. The van der Waals surface area contributed by atoms with Crippen molar-refractivity contribution in [3.05, 3.63) is 30.1 Å². The summed E-state index contributed by atoms with van der Waals surface area (Å²) in [5.74, 6) is 0.399. The second-order valence-electron chi connectivity index (χ2n) is 4.07. The van der Waals surface area contributed by atoms with Gasteiger partial charge in [-0.25, -0.2) is 4.98 Å². The second-order valence-corrected chi connectivity index (χ2v) is 4.34. The van der Waals surface area contributed by atoms with E-state index in [0.717, 1.165) is 0 Å². The zero-order chi connectivity index (χ0) is 14.0. The highest BCUT2D eigenvalue weighted by molar-refractivity contribution is 6.17. The monoisotopic (exact) mass is 291 g/mol. The van der Waals surface area contributed by atoms with Gasteiger partial charge in [0, 0.05) is 12.7 Å². The normalized spacial score (nSPS) is 12.1. The maximum Gasteiger partial charge on any atom is 0.405 e. The highest BCUT2D eigenvalue weighted by Crippen LogP contribution is 2.26. The molecule has 3 nitrogen and oxygen atoms in total. The largest absolute Gasteiger partial charge is 0.405 e. The number of imidazole rings is 1. The average Bonchev–Trinajstić information content (AvgIpc) is 2.73. The zero-order valence-corrected chi connectivity index (χ0v) is 11.0. The molecule has 0 aliphatic heterocycles. The lowest BCUT2D eigenvalue weighted by Crippen LogP contribution is -2.34. The van der Waals surface area contributed by atoms with Gasteiger partial charge in [0.05, 0.1) is 11.6 Å². The molecule has 0 fully saturated rings. The molecule has 0 unspecified atom stereocenters. The van der Waals surface area contributed by atoms with Crippen molar-refractivity contribution < 1.29 is 13.2 Å². The van der Waals surface area contributed by atoms with E-state index < -0.39 is 12.7 Å². The van der Waals surface area contributed by atoms with Gasteiger partial charge in [-0.15, -0.1) is 11.6 Å². The molecule has 0 aliphatic carbocycles. The molecular weight excluding hydrogens is 279 g/mol. The summed E-state index contributed by atoms with van der Waals surface area (Å²) in [5, 5.41) is 0. The number of anilines is 1. The third-order valence-corrected chi connectivity index (χ3v) is 3.04. The van der Waals surface area contributed by atoms with Gasteiger partial charge in [-0.1, -0.05) is 6.07 Å². The summed E-state index contributed by atoms with van der Waals surface area (Å²) in [6, 6.07) is 5.31. The predicted molar refractivity (Wildman–Crippen MR) is 68.7 cm³/mol. The molecule has 0 bridgehead atoms. The van der Waals surface area contributed by atoms with Crippen LogP contribution in [0.2, 0.25) is 0 Å². The fraction of sp³-hybridized carbons (Fsp3) is 0.417. The Hall–Kier alpha value is -1.43. The van der Waals surface area contributed by atoms with Crippen LogP contribution in [0.5, 0.6) is 0 Å². The average molecular weight is 292 g/mol. The number of hydrogen-bond acceptors (Lipinski definition) is 2. The Morgan fingerprint density at radius 1 is 1.37 bits per heavy atom. The number of rotatable bonds is 4. The van der Waals surface area contributed by atoms with E-state index in [1.807, 2.05) is 0 Å². The molecule has 2 aromatic rings. The van der Waals surface area contributed by atoms with Crippen molar-refractivity contribution in [3.8, 4) is 0 Å². The molecule has 0 saturated carbocycles. The molecule has 0 aromatic carbocycles. The Bertz CT molecular complexity index is 565. The molecule has 0 atom stereocenters. The standard InChI is InChI=1S/C12H13ClF3N3/c1-2-18(8-12(14,15)16)11-9(7-13)19-6-4-3-5-10(19)17-11/h3-6H,2,7-8H2,1H3. The molecule has 0 radical (unpaired) electrons. The molecule has 0 spiro atoms. The van der Waals surface area contributed by atoms with Gasteiger partial charge in [0.1, 0.15) is 12.2 Å². The van der Waals surface area contributed by atoms with Crippen LogP contribution in [0.15, 0.2) is 24.4 Å². The third kappa shape index (κ3) is 2.94. The van der Waals surface area contributed by atoms with Crippen LogP contribution in [-0.4, -0.2) is 28.7 Å². The van der Waals surface area contributed by atoms with Crippen molar-refractivity contribution in [1.29, 1.82) is 0 Å². The van der Waals surface area contributed by atoms with Gasteiger partial charge < -0.3 is 9.30 Å². The van der Waals surface area contributed by atoms with Crippen LogP contribution in [0.1, 0.15) is 12.6 Å². The van der Waals surface area contributed by atoms with Crippen molar-refractivity contribution in [2.75, 3.05) is 18.0 Å². The minimum Gasteiger partial charge on any atom is -0.346 e. The summed E-state index contributed by atoms with van der Waals surface area (Å²) in [7, 11) is 0. The van der Waals surface area contributed by atoms with E-state index in [1.54, 1.807) is 35.7 Å². The molecule has 2 aromatic heterocycles. The van der Waals surface area contributed by atoms with Gasteiger partial charge in [0.25, 0.3) is 0 Å². The first kappa shape index (κ1) is 14.0. The number of nitrogens with zero attached hydrogens (tertiary/aromatic N) is 3. The van der Waals surface area contributed by atoms with Gasteiger partial charge in [0.15, 0.2) is 5.82 Å². The van der Waals surface area contributed by atoms with Crippen LogP contribution in [0.25, 0.3) is 5.65 Å². The van der Waals surface area contributed by atoms with Crippen LogP contribution >= 0.6 is 11.6 Å². The summed E-state index contributed by atoms with van der Waals surface area (Å²) in [6.07, 6.45) is -2.53. The molecule has 7 heteroatoms. The van der Waals surface area contributed by atoms with Crippen molar-refractivity contribution in [1.82, 2.24) is 9.38 Å². The van der Waals surface area contributed by atoms with Crippen LogP contribution in [0.4, 0.5) is 19.0 Å². The first-order valence-electron chi connectivity index (χ1n) is 5.80. The van der Waals surface area contributed by atoms with E-state index in [1.165, 1.54) is 4.90 Å². The van der Waals surface area contributed by atoms with Crippen molar-refractivity contribution in [2.24, 2.45) is 0 Å². The molecule has 0 N–H and O–H groups in total. The molecule has 2 rings (SSSR count). The Balaban J connectivity index is 2.47. The topological polar surface area (TPSA) is 20.5 Å². The maximum atomic E-state index is 12.6. The highest BCUT2D eigenvalue weighted by Gasteiger charge is 2.32. The van der Waals surface area contributed by atoms with Gasteiger partial charge in [-0.3, -0.25) is 0 Å². The molecule has 0 saturated heterocycles. The van der Waals surface area contributed by atoms with Gasteiger partial charge in [-0.2, -0.15) is 13.2 Å². The maximum absolute atomic E-state index is 12.6. The zero-order valence-electron chi connectivity index (χ0n) is 10.3. The first-order valence-corrected chi connectivity index (χ1v) is 6.33. The van der Waals surface area contributed by atoms with E-state index in [9.17, 15) is 13.2 Å².